The molecule has 158 valence electrons. The Kier molecular flexibility index (Phi) is 7.01. The fourth-order valence-electron chi connectivity index (χ4n) is 2.72. The minimum absolute atomic E-state index is 0.243. The van der Waals surface area contributed by atoms with Crippen LogP contribution in [0, 0.1) is 6.92 Å². The number of para-hydroxylation sites is 1. The van der Waals surface area contributed by atoms with E-state index in [-0.39, 0.29) is 5.91 Å². The molecule has 7 nitrogen and oxygen atoms in total. The highest BCUT2D eigenvalue weighted by Crippen LogP contribution is 2.17. The lowest BCUT2D eigenvalue weighted by atomic mass is 10.1. The van der Waals surface area contributed by atoms with Gasteiger partial charge in [0.05, 0.1) is 0 Å². The largest absolute Gasteiger partial charge is 0.481 e. The molecule has 0 aliphatic heterocycles. The SMILES string of the molecule is Cc1ccccc1OC(C)C(=O)NNC(=O)c1ccc(NC(=O)c2ccccc2)cc1. The van der Waals surface area contributed by atoms with E-state index >= 15 is 0 Å². The Morgan fingerprint density at radius 3 is 2.03 bits per heavy atom. The van der Waals surface area contributed by atoms with Crippen molar-refractivity contribution in [2.45, 2.75) is 20.0 Å². The first-order valence-electron chi connectivity index (χ1n) is 9.73. The van der Waals surface area contributed by atoms with Gasteiger partial charge in [0.1, 0.15) is 5.75 Å². The molecule has 0 bridgehead atoms. The average molecular weight is 417 g/mol. The minimum atomic E-state index is -0.794. The van der Waals surface area contributed by atoms with Crippen LogP contribution in [0.2, 0.25) is 0 Å². The third kappa shape index (κ3) is 5.93. The van der Waals surface area contributed by atoms with E-state index in [0.29, 0.717) is 22.6 Å². The number of benzene rings is 3. The monoisotopic (exact) mass is 417 g/mol. The van der Waals surface area contributed by atoms with Gasteiger partial charge in [-0.3, -0.25) is 25.2 Å². The van der Waals surface area contributed by atoms with Crippen LogP contribution in [0.5, 0.6) is 5.75 Å². The topological polar surface area (TPSA) is 96.5 Å². The molecule has 3 aromatic carbocycles. The van der Waals surface area contributed by atoms with Crippen LogP contribution in [0.25, 0.3) is 0 Å². The lowest BCUT2D eigenvalue weighted by molar-refractivity contribution is -0.128. The molecule has 1 atom stereocenters. The molecule has 0 heterocycles. The first kappa shape index (κ1) is 21.6. The van der Waals surface area contributed by atoms with Crippen LogP contribution < -0.4 is 20.9 Å². The zero-order valence-corrected chi connectivity index (χ0v) is 17.2. The van der Waals surface area contributed by atoms with Crippen molar-refractivity contribution in [3.8, 4) is 5.75 Å². The van der Waals surface area contributed by atoms with Gasteiger partial charge in [-0.2, -0.15) is 0 Å². The molecular formula is C24H23N3O4. The number of amides is 3. The Morgan fingerprint density at radius 1 is 0.742 bits per heavy atom. The molecule has 7 heteroatoms. The van der Waals surface area contributed by atoms with E-state index in [9.17, 15) is 14.4 Å². The number of carbonyl (C=O) groups is 3. The molecule has 0 aliphatic carbocycles. The average Bonchev–Trinajstić information content (AvgIpc) is 2.79. The molecule has 3 N–H and O–H groups in total. The quantitative estimate of drug-likeness (QED) is 0.535. The summed E-state index contributed by atoms with van der Waals surface area (Å²) in [4.78, 5) is 36.7. The van der Waals surface area contributed by atoms with Crippen molar-refractivity contribution in [1.82, 2.24) is 10.9 Å². The van der Waals surface area contributed by atoms with Gasteiger partial charge in [0.25, 0.3) is 17.7 Å². The summed E-state index contributed by atoms with van der Waals surface area (Å²) in [7, 11) is 0. The second kappa shape index (κ2) is 10.1. The van der Waals surface area contributed by atoms with E-state index in [4.69, 9.17) is 4.74 Å². The number of hydrazine groups is 1. The van der Waals surface area contributed by atoms with Crippen LogP contribution in [-0.2, 0) is 4.79 Å². The molecule has 31 heavy (non-hydrogen) atoms. The van der Waals surface area contributed by atoms with E-state index < -0.39 is 17.9 Å². The molecule has 0 saturated carbocycles. The summed E-state index contributed by atoms with van der Waals surface area (Å²) in [6, 6.07) is 22.5. The Morgan fingerprint density at radius 2 is 1.35 bits per heavy atom. The predicted octanol–water partition coefficient (Wildman–Crippen LogP) is 3.48. The maximum Gasteiger partial charge on any atom is 0.279 e. The summed E-state index contributed by atoms with van der Waals surface area (Å²) in [5.74, 6) is -0.613. The van der Waals surface area contributed by atoms with Gasteiger partial charge in [0, 0.05) is 16.8 Å². The smallest absolute Gasteiger partial charge is 0.279 e. The summed E-state index contributed by atoms with van der Waals surface area (Å²) in [5.41, 5.74) is 7.04. The van der Waals surface area contributed by atoms with E-state index in [0.717, 1.165) is 5.56 Å². The lowest BCUT2D eigenvalue weighted by Crippen LogP contribution is -2.47. The van der Waals surface area contributed by atoms with Crippen LogP contribution in [0.1, 0.15) is 33.2 Å². The summed E-state index contributed by atoms with van der Waals surface area (Å²) in [6.45, 7) is 3.48. The molecule has 0 radical (unpaired) electrons. The van der Waals surface area contributed by atoms with Crippen LogP contribution in [0.15, 0.2) is 78.9 Å². The number of anilines is 1. The fourth-order valence-corrected chi connectivity index (χ4v) is 2.72. The third-order valence-corrected chi connectivity index (χ3v) is 4.51. The second-order valence-corrected chi connectivity index (χ2v) is 6.87. The Balaban J connectivity index is 1.50. The van der Waals surface area contributed by atoms with Gasteiger partial charge in [0.15, 0.2) is 6.10 Å². The molecule has 3 aromatic rings. The molecule has 3 rings (SSSR count). The summed E-state index contributed by atoms with van der Waals surface area (Å²) in [6.07, 6.45) is -0.794. The number of carbonyl (C=O) groups excluding carboxylic acids is 3. The number of rotatable bonds is 6. The summed E-state index contributed by atoms with van der Waals surface area (Å²) < 4.78 is 5.63. The van der Waals surface area contributed by atoms with Gasteiger partial charge in [0.2, 0.25) is 0 Å². The lowest BCUT2D eigenvalue weighted by Gasteiger charge is -2.16. The van der Waals surface area contributed by atoms with Gasteiger partial charge in [-0.25, -0.2) is 0 Å². The zero-order chi connectivity index (χ0) is 22.2. The van der Waals surface area contributed by atoms with Gasteiger partial charge in [-0.05, 0) is 61.9 Å². The van der Waals surface area contributed by atoms with E-state index in [2.05, 4.69) is 16.2 Å². The van der Waals surface area contributed by atoms with Crippen molar-refractivity contribution in [1.29, 1.82) is 0 Å². The first-order chi connectivity index (χ1) is 14.9. The van der Waals surface area contributed by atoms with Crippen molar-refractivity contribution in [3.63, 3.8) is 0 Å². The maximum absolute atomic E-state index is 12.3. The second-order valence-electron chi connectivity index (χ2n) is 6.87. The number of aryl methyl sites for hydroxylation is 1. The summed E-state index contributed by atoms with van der Waals surface area (Å²) >= 11 is 0. The van der Waals surface area contributed by atoms with Crippen LogP contribution in [-0.4, -0.2) is 23.8 Å². The number of hydrogen-bond acceptors (Lipinski definition) is 4. The van der Waals surface area contributed by atoms with E-state index in [1.807, 2.05) is 31.2 Å². The summed E-state index contributed by atoms with van der Waals surface area (Å²) in [5, 5.41) is 2.76. The van der Waals surface area contributed by atoms with Crippen molar-refractivity contribution in [2.75, 3.05) is 5.32 Å². The predicted molar refractivity (Wildman–Crippen MR) is 118 cm³/mol. The standard InChI is InChI=1S/C24H23N3O4/c1-16-8-6-7-11-21(16)31-17(2)22(28)26-27-24(30)19-12-14-20(15-13-19)25-23(29)18-9-4-3-5-10-18/h3-15,17H,1-2H3,(H,25,29)(H,26,28)(H,27,30). The van der Waals surface area contributed by atoms with Gasteiger partial charge >= 0.3 is 0 Å². The van der Waals surface area contributed by atoms with Gasteiger partial charge in [-0.15, -0.1) is 0 Å². The first-order valence-corrected chi connectivity index (χ1v) is 9.73. The van der Waals surface area contributed by atoms with Crippen molar-refractivity contribution in [2.24, 2.45) is 0 Å². The van der Waals surface area contributed by atoms with E-state index in [1.54, 1.807) is 61.5 Å². The molecule has 1 unspecified atom stereocenters. The Hall–Kier alpha value is -4.13. The third-order valence-electron chi connectivity index (χ3n) is 4.51. The fraction of sp³-hybridized carbons (Fsp3) is 0.125. The van der Waals surface area contributed by atoms with Crippen molar-refractivity contribution >= 4 is 23.4 Å². The van der Waals surface area contributed by atoms with Crippen LogP contribution in [0.4, 0.5) is 5.69 Å². The molecule has 0 spiro atoms. The molecule has 3 amide bonds. The zero-order valence-electron chi connectivity index (χ0n) is 17.2. The Bertz CT molecular complexity index is 1070. The van der Waals surface area contributed by atoms with Crippen molar-refractivity contribution < 1.29 is 19.1 Å². The van der Waals surface area contributed by atoms with Gasteiger partial charge < -0.3 is 10.1 Å². The van der Waals surface area contributed by atoms with Crippen LogP contribution in [0.3, 0.4) is 0 Å². The highest BCUT2D eigenvalue weighted by Gasteiger charge is 2.16. The number of hydrogen-bond donors (Lipinski definition) is 3. The molecule has 0 aromatic heterocycles. The highest BCUT2D eigenvalue weighted by molar-refractivity contribution is 6.04. The van der Waals surface area contributed by atoms with E-state index in [1.165, 1.54) is 0 Å². The normalized spacial score (nSPS) is 11.2. The van der Waals surface area contributed by atoms with Gasteiger partial charge in [-0.1, -0.05) is 36.4 Å². The molecular weight excluding hydrogens is 394 g/mol. The number of nitrogens with one attached hydrogen (secondary N) is 3. The maximum atomic E-state index is 12.3. The van der Waals surface area contributed by atoms with Crippen LogP contribution >= 0.6 is 0 Å². The highest BCUT2D eigenvalue weighted by atomic mass is 16.5. The van der Waals surface area contributed by atoms with Crippen molar-refractivity contribution in [3.05, 3.63) is 95.6 Å². The Labute approximate surface area is 180 Å². The minimum Gasteiger partial charge on any atom is -0.481 e. The molecule has 0 aliphatic rings. The number of ether oxygens (including phenoxy) is 1. The molecule has 0 saturated heterocycles. The molecule has 0 fully saturated rings.